The molecule has 6 heteroatoms. The number of rotatable bonds is 3. The van der Waals surface area contributed by atoms with Crippen molar-refractivity contribution in [2.24, 2.45) is 5.92 Å². The summed E-state index contributed by atoms with van der Waals surface area (Å²) in [6.07, 6.45) is 4.87. The van der Waals surface area contributed by atoms with E-state index in [-0.39, 0.29) is 5.69 Å². The molecule has 0 saturated heterocycles. The third-order valence-corrected chi connectivity index (χ3v) is 3.68. The minimum absolute atomic E-state index is 0.184. The Hall–Kier alpha value is -2.11. The molecule has 1 aliphatic rings. The van der Waals surface area contributed by atoms with Gasteiger partial charge in [0.1, 0.15) is 0 Å². The summed E-state index contributed by atoms with van der Waals surface area (Å²) in [5, 5.41) is 7.90. The van der Waals surface area contributed by atoms with Gasteiger partial charge >= 0.3 is 5.69 Å². The zero-order valence-electron chi connectivity index (χ0n) is 10.7. The molecule has 0 aliphatic heterocycles. The number of hydrogen-bond donors (Lipinski definition) is 1. The molecular formula is C13H17N5O. The van der Waals surface area contributed by atoms with Crippen LogP contribution in [0.2, 0.25) is 0 Å². The van der Waals surface area contributed by atoms with E-state index in [0.29, 0.717) is 23.8 Å². The van der Waals surface area contributed by atoms with Gasteiger partial charge in [0.15, 0.2) is 0 Å². The van der Waals surface area contributed by atoms with Crippen LogP contribution in [0.25, 0.3) is 5.69 Å². The Kier molecular flexibility index (Phi) is 3.06. The summed E-state index contributed by atoms with van der Waals surface area (Å²) >= 11 is 0. The van der Waals surface area contributed by atoms with E-state index in [9.17, 15) is 4.79 Å². The summed E-state index contributed by atoms with van der Waals surface area (Å²) < 4.78 is 2.78. The average molecular weight is 259 g/mol. The maximum atomic E-state index is 12.2. The molecule has 100 valence electrons. The number of nitrogens with two attached hydrogens (primary N) is 1. The number of anilines is 1. The van der Waals surface area contributed by atoms with Crippen molar-refractivity contribution < 1.29 is 0 Å². The van der Waals surface area contributed by atoms with Crippen LogP contribution in [0.15, 0.2) is 29.1 Å². The SMILES string of the molecule is Nc1ccc(-n2nnn(CC3CCCC3)c2=O)cc1. The largest absolute Gasteiger partial charge is 0.399 e. The van der Waals surface area contributed by atoms with Crippen LogP contribution < -0.4 is 11.4 Å². The third kappa shape index (κ3) is 2.38. The van der Waals surface area contributed by atoms with Crippen molar-refractivity contribution in [3.63, 3.8) is 0 Å². The second-order valence-corrected chi connectivity index (χ2v) is 5.10. The van der Waals surface area contributed by atoms with E-state index in [1.807, 2.05) is 0 Å². The number of tetrazole rings is 1. The van der Waals surface area contributed by atoms with Gasteiger partial charge in [0.2, 0.25) is 0 Å². The molecule has 19 heavy (non-hydrogen) atoms. The van der Waals surface area contributed by atoms with Crippen molar-refractivity contribution in [2.75, 3.05) is 5.73 Å². The maximum Gasteiger partial charge on any atom is 0.368 e. The molecule has 6 nitrogen and oxygen atoms in total. The van der Waals surface area contributed by atoms with E-state index in [1.165, 1.54) is 35.0 Å². The second-order valence-electron chi connectivity index (χ2n) is 5.10. The van der Waals surface area contributed by atoms with Crippen molar-refractivity contribution in [3.8, 4) is 5.69 Å². The Morgan fingerprint density at radius 1 is 1.16 bits per heavy atom. The first kappa shape index (κ1) is 12.0. The van der Waals surface area contributed by atoms with Gasteiger partial charge in [-0.25, -0.2) is 4.79 Å². The van der Waals surface area contributed by atoms with E-state index in [2.05, 4.69) is 10.4 Å². The summed E-state index contributed by atoms with van der Waals surface area (Å²) in [6.45, 7) is 0.674. The van der Waals surface area contributed by atoms with Crippen LogP contribution in [0.1, 0.15) is 25.7 Å². The van der Waals surface area contributed by atoms with Crippen molar-refractivity contribution in [1.29, 1.82) is 0 Å². The van der Waals surface area contributed by atoms with Gasteiger partial charge < -0.3 is 5.73 Å². The molecule has 0 bridgehead atoms. The molecule has 0 spiro atoms. The molecule has 1 aromatic heterocycles. The van der Waals surface area contributed by atoms with Gasteiger partial charge in [0, 0.05) is 5.69 Å². The van der Waals surface area contributed by atoms with Gasteiger partial charge in [-0.3, -0.25) is 0 Å². The molecule has 1 fully saturated rings. The van der Waals surface area contributed by atoms with E-state index in [4.69, 9.17) is 5.73 Å². The van der Waals surface area contributed by atoms with E-state index in [1.54, 1.807) is 24.3 Å². The lowest BCUT2D eigenvalue weighted by atomic mass is 10.1. The Bertz CT molecular complexity index is 607. The smallest absolute Gasteiger partial charge is 0.368 e. The Morgan fingerprint density at radius 3 is 2.53 bits per heavy atom. The van der Waals surface area contributed by atoms with E-state index < -0.39 is 0 Å². The summed E-state index contributed by atoms with van der Waals surface area (Å²) in [5.74, 6) is 0.564. The Morgan fingerprint density at radius 2 is 1.84 bits per heavy atom. The predicted octanol–water partition coefficient (Wildman–Crippen LogP) is 1.20. The fraction of sp³-hybridized carbons (Fsp3) is 0.462. The number of aromatic nitrogens is 4. The van der Waals surface area contributed by atoms with Gasteiger partial charge in [-0.05, 0) is 53.5 Å². The quantitative estimate of drug-likeness (QED) is 0.840. The number of nitrogens with zero attached hydrogens (tertiary/aromatic N) is 4. The standard InChI is InChI=1S/C13H17N5O/c14-11-5-7-12(8-6-11)18-13(19)17(15-16-18)9-10-3-1-2-4-10/h5-8,10H,1-4,9,14H2. The summed E-state index contributed by atoms with van der Waals surface area (Å²) in [7, 11) is 0. The monoisotopic (exact) mass is 259 g/mol. The minimum Gasteiger partial charge on any atom is -0.399 e. The number of benzene rings is 1. The van der Waals surface area contributed by atoms with E-state index in [0.717, 1.165) is 0 Å². The highest BCUT2D eigenvalue weighted by Crippen LogP contribution is 2.25. The highest BCUT2D eigenvalue weighted by Gasteiger charge is 2.18. The molecule has 0 amide bonds. The van der Waals surface area contributed by atoms with Crippen LogP contribution >= 0.6 is 0 Å². The highest BCUT2D eigenvalue weighted by atomic mass is 16.2. The first-order valence-electron chi connectivity index (χ1n) is 6.63. The topological polar surface area (TPSA) is 78.7 Å². The van der Waals surface area contributed by atoms with Crippen molar-refractivity contribution in [2.45, 2.75) is 32.2 Å². The molecule has 1 aromatic carbocycles. The second kappa shape index (κ2) is 4.87. The molecule has 2 aromatic rings. The molecule has 0 atom stereocenters. The highest BCUT2D eigenvalue weighted by molar-refractivity contribution is 5.44. The van der Waals surface area contributed by atoms with Gasteiger partial charge in [-0.1, -0.05) is 12.8 Å². The molecule has 2 N–H and O–H groups in total. The van der Waals surface area contributed by atoms with Crippen LogP contribution in [-0.2, 0) is 6.54 Å². The zero-order valence-corrected chi connectivity index (χ0v) is 10.7. The zero-order chi connectivity index (χ0) is 13.2. The van der Waals surface area contributed by atoms with Gasteiger partial charge in [-0.2, -0.15) is 9.36 Å². The summed E-state index contributed by atoms with van der Waals surface area (Å²) in [5.41, 5.74) is 6.80. The predicted molar refractivity (Wildman–Crippen MR) is 72.0 cm³/mol. The lowest BCUT2D eigenvalue weighted by molar-refractivity contribution is 0.414. The van der Waals surface area contributed by atoms with Crippen LogP contribution in [0.4, 0.5) is 5.69 Å². The first-order valence-corrected chi connectivity index (χ1v) is 6.63. The first-order chi connectivity index (χ1) is 9.24. The van der Waals surface area contributed by atoms with Gasteiger partial charge in [-0.15, -0.1) is 0 Å². The minimum atomic E-state index is -0.184. The lowest BCUT2D eigenvalue weighted by Gasteiger charge is -2.05. The normalized spacial score (nSPS) is 16.0. The molecule has 1 heterocycles. The summed E-state index contributed by atoms with van der Waals surface area (Å²) in [4.78, 5) is 12.2. The van der Waals surface area contributed by atoms with Crippen molar-refractivity contribution in [1.82, 2.24) is 19.8 Å². The fourth-order valence-electron chi connectivity index (χ4n) is 2.60. The number of nitrogen functional groups attached to an aromatic ring is 1. The number of hydrogen-bond acceptors (Lipinski definition) is 4. The van der Waals surface area contributed by atoms with Crippen LogP contribution in [0, 0.1) is 5.92 Å². The van der Waals surface area contributed by atoms with Crippen LogP contribution in [0.3, 0.4) is 0 Å². The average Bonchev–Trinajstić information content (AvgIpc) is 3.03. The third-order valence-electron chi connectivity index (χ3n) is 3.68. The molecule has 0 unspecified atom stereocenters. The van der Waals surface area contributed by atoms with Crippen LogP contribution in [0.5, 0.6) is 0 Å². The molecule has 3 rings (SSSR count). The van der Waals surface area contributed by atoms with Crippen molar-refractivity contribution >= 4 is 5.69 Å². The molecule has 0 radical (unpaired) electrons. The molecular weight excluding hydrogens is 242 g/mol. The maximum absolute atomic E-state index is 12.2. The van der Waals surface area contributed by atoms with Gasteiger partial charge in [0.25, 0.3) is 0 Å². The van der Waals surface area contributed by atoms with Gasteiger partial charge in [0.05, 0.1) is 12.2 Å². The summed E-state index contributed by atoms with van der Waals surface area (Å²) in [6, 6.07) is 7.03. The molecule has 1 saturated carbocycles. The van der Waals surface area contributed by atoms with Crippen LogP contribution in [-0.4, -0.2) is 19.8 Å². The fourth-order valence-corrected chi connectivity index (χ4v) is 2.60. The van der Waals surface area contributed by atoms with Crippen molar-refractivity contribution in [3.05, 3.63) is 34.7 Å². The molecule has 1 aliphatic carbocycles. The Labute approximate surface area is 110 Å². The van der Waals surface area contributed by atoms with E-state index >= 15 is 0 Å². The lowest BCUT2D eigenvalue weighted by Crippen LogP contribution is -2.26. The Balaban J connectivity index is 1.85.